The second kappa shape index (κ2) is 8.12. The molecule has 0 unspecified atom stereocenters. The summed E-state index contributed by atoms with van der Waals surface area (Å²) in [5.41, 5.74) is 1.46. The van der Waals surface area contributed by atoms with Crippen LogP contribution < -0.4 is 9.47 Å². The first kappa shape index (κ1) is 18.8. The summed E-state index contributed by atoms with van der Waals surface area (Å²) < 4.78 is 21.5. The summed E-state index contributed by atoms with van der Waals surface area (Å²) in [7, 11) is 3.08. The van der Waals surface area contributed by atoms with Crippen LogP contribution in [-0.4, -0.2) is 32.6 Å². The highest BCUT2D eigenvalue weighted by Crippen LogP contribution is 2.45. The lowest BCUT2D eigenvalue weighted by Gasteiger charge is -2.30. The largest absolute Gasteiger partial charge is 0.493 e. The third-order valence-electron chi connectivity index (χ3n) is 4.68. The number of ether oxygens (including phenoxy) is 3. The molecular weight excluding hydrogens is 348 g/mol. The number of hydrogen-bond acceptors (Lipinski definition) is 6. The van der Waals surface area contributed by atoms with Crippen molar-refractivity contribution in [2.75, 3.05) is 20.8 Å². The van der Waals surface area contributed by atoms with Crippen LogP contribution in [0.5, 0.6) is 11.5 Å². The number of para-hydroxylation sites is 1. The van der Waals surface area contributed by atoms with E-state index in [1.807, 2.05) is 12.1 Å². The molecule has 0 saturated carbocycles. The van der Waals surface area contributed by atoms with E-state index in [0.29, 0.717) is 23.7 Å². The minimum Gasteiger partial charge on any atom is -0.493 e. The standard InChI is InChI=1S/C21H22O6/c1-4-26-21(23)19-15(14-7-5-8-18(24-2)20(14)25-3)11-13(12-16(19)22)17-9-6-10-27-17/h5-10,12,15,19H,4,11H2,1-3H3/t15-,19-/m0/s1. The van der Waals surface area contributed by atoms with Gasteiger partial charge in [0.15, 0.2) is 17.3 Å². The van der Waals surface area contributed by atoms with Crippen LogP contribution >= 0.6 is 0 Å². The van der Waals surface area contributed by atoms with Crippen molar-refractivity contribution >= 4 is 17.3 Å². The lowest BCUT2D eigenvalue weighted by molar-refractivity contribution is -0.151. The zero-order valence-electron chi connectivity index (χ0n) is 15.6. The highest BCUT2D eigenvalue weighted by molar-refractivity contribution is 6.10. The summed E-state index contributed by atoms with van der Waals surface area (Å²) in [5, 5.41) is 0. The lowest BCUT2D eigenvalue weighted by atomic mass is 9.74. The van der Waals surface area contributed by atoms with Crippen LogP contribution in [-0.2, 0) is 14.3 Å². The van der Waals surface area contributed by atoms with Gasteiger partial charge in [0.2, 0.25) is 0 Å². The number of furan rings is 1. The van der Waals surface area contributed by atoms with Gasteiger partial charge in [-0.05, 0) is 43.2 Å². The van der Waals surface area contributed by atoms with Gasteiger partial charge in [-0.25, -0.2) is 0 Å². The van der Waals surface area contributed by atoms with E-state index < -0.39 is 17.8 Å². The van der Waals surface area contributed by atoms with Gasteiger partial charge in [-0.2, -0.15) is 0 Å². The molecule has 6 nitrogen and oxygen atoms in total. The number of allylic oxidation sites excluding steroid dienone is 2. The number of esters is 1. The molecule has 1 aliphatic carbocycles. The summed E-state index contributed by atoms with van der Waals surface area (Å²) in [5.74, 6) is -0.575. The molecule has 0 radical (unpaired) electrons. The lowest BCUT2D eigenvalue weighted by Crippen LogP contribution is -2.34. The van der Waals surface area contributed by atoms with Crippen molar-refractivity contribution < 1.29 is 28.2 Å². The maximum absolute atomic E-state index is 12.9. The van der Waals surface area contributed by atoms with Gasteiger partial charge >= 0.3 is 5.97 Å². The molecule has 0 bridgehead atoms. The van der Waals surface area contributed by atoms with Crippen molar-refractivity contribution in [1.29, 1.82) is 0 Å². The minimum absolute atomic E-state index is 0.208. The third-order valence-corrected chi connectivity index (χ3v) is 4.68. The Morgan fingerprint density at radius 2 is 2.00 bits per heavy atom. The Balaban J connectivity index is 2.10. The van der Waals surface area contributed by atoms with E-state index >= 15 is 0 Å². The fourth-order valence-electron chi connectivity index (χ4n) is 3.51. The number of carbonyl (C=O) groups is 2. The monoisotopic (exact) mass is 370 g/mol. The molecule has 27 heavy (non-hydrogen) atoms. The molecule has 1 aliphatic rings. The van der Waals surface area contributed by atoms with Crippen molar-refractivity contribution in [3.05, 3.63) is 54.0 Å². The summed E-state index contributed by atoms with van der Waals surface area (Å²) in [6, 6.07) is 8.99. The summed E-state index contributed by atoms with van der Waals surface area (Å²) >= 11 is 0. The Kier molecular flexibility index (Phi) is 5.64. The molecule has 1 aromatic heterocycles. The van der Waals surface area contributed by atoms with Gasteiger partial charge in [-0.1, -0.05) is 12.1 Å². The highest BCUT2D eigenvalue weighted by atomic mass is 16.5. The van der Waals surface area contributed by atoms with Crippen LogP contribution in [0.1, 0.15) is 30.6 Å². The molecule has 0 amide bonds. The van der Waals surface area contributed by atoms with Gasteiger partial charge in [0.25, 0.3) is 0 Å². The summed E-state index contributed by atoms with van der Waals surface area (Å²) in [6.07, 6.45) is 3.47. The molecule has 0 aliphatic heterocycles. The number of hydrogen-bond donors (Lipinski definition) is 0. The molecule has 0 N–H and O–H groups in total. The number of ketones is 1. The molecule has 0 saturated heterocycles. The Hall–Kier alpha value is -3.02. The highest BCUT2D eigenvalue weighted by Gasteiger charge is 2.41. The van der Waals surface area contributed by atoms with Gasteiger partial charge < -0.3 is 18.6 Å². The van der Waals surface area contributed by atoms with Crippen LogP contribution in [0, 0.1) is 5.92 Å². The molecule has 1 aromatic carbocycles. The third kappa shape index (κ3) is 3.60. The van der Waals surface area contributed by atoms with Crippen molar-refractivity contribution in [3.63, 3.8) is 0 Å². The van der Waals surface area contributed by atoms with Crippen LogP contribution in [0.4, 0.5) is 0 Å². The van der Waals surface area contributed by atoms with Crippen molar-refractivity contribution in [2.45, 2.75) is 19.3 Å². The number of rotatable bonds is 6. The van der Waals surface area contributed by atoms with E-state index in [1.54, 1.807) is 38.5 Å². The van der Waals surface area contributed by atoms with E-state index in [2.05, 4.69) is 0 Å². The maximum Gasteiger partial charge on any atom is 0.317 e. The van der Waals surface area contributed by atoms with Gasteiger partial charge in [0.05, 0.1) is 27.1 Å². The van der Waals surface area contributed by atoms with Crippen molar-refractivity contribution in [3.8, 4) is 11.5 Å². The predicted octanol–water partition coefficient (Wildman–Crippen LogP) is 3.62. The predicted molar refractivity (Wildman–Crippen MR) is 98.7 cm³/mol. The van der Waals surface area contributed by atoms with E-state index in [1.165, 1.54) is 13.2 Å². The first-order valence-corrected chi connectivity index (χ1v) is 8.76. The Bertz CT molecular complexity index is 850. The average Bonchev–Trinajstić information content (AvgIpc) is 3.21. The number of benzene rings is 1. The zero-order chi connectivity index (χ0) is 19.4. The molecule has 6 heteroatoms. The Labute approximate surface area is 157 Å². The van der Waals surface area contributed by atoms with Crippen LogP contribution in [0.3, 0.4) is 0 Å². The average molecular weight is 370 g/mol. The number of methoxy groups -OCH3 is 2. The summed E-state index contributed by atoms with van der Waals surface area (Å²) in [6.45, 7) is 1.93. The molecule has 142 valence electrons. The zero-order valence-corrected chi connectivity index (χ0v) is 15.6. The normalized spacial score (nSPS) is 19.4. The minimum atomic E-state index is -0.940. The first-order valence-electron chi connectivity index (χ1n) is 8.76. The smallest absolute Gasteiger partial charge is 0.317 e. The van der Waals surface area contributed by atoms with Crippen LogP contribution in [0.2, 0.25) is 0 Å². The molecular formula is C21H22O6. The Morgan fingerprint density at radius 3 is 2.63 bits per heavy atom. The summed E-state index contributed by atoms with van der Waals surface area (Å²) in [4.78, 5) is 25.4. The Morgan fingerprint density at radius 1 is 1.19 bits per heavy atom. The molecule has 3 rings (SSSR count). The quantitative estimate of drug-likeness (QED) is 0.571. The first-order chi connectivity index (χ1) is 13.1. The van der Waals surface area contributed by atoms with Gasteiger partial charge in [0.1, 0.15) is 11.7 Å². The SMILES string of the molecule is CCOC(=O)[C@@H]1C(=O)C=C(c2ccco2)C[C@H]1c1cccc(OC)c1OC. The molecule has 0 spiro atoms. The van der Waals surface area contributed by atoms with Gasteiger partial charge in [0, 0.05) is 11.5 Å². The van der Waals surface area contributed by atoms with Gasteiger partial charge in [-0.3, -0.25) is 9.59 Å². The van der Waals surface area contributed by atoms with Crippen molar-refractivity contribution in [2.24, 2.45) is 5.92 Å². The van der Waals surface area contributed by atoms with Crippen LogP contribution in [0.15, 0.2) is 47.1 Å². The fourth-order valence-corrected chi connectivity index (χ4v) is 3.51. The molecule has 2 atom stereocenters. The van der Waals surface area contributed by atoms with Gasteiger partial charge in [-0.15, -0.1) is 0 Å². The second-order valence-electron chi connectivity index (χ2n) is 6.17. The van der Waals surface area contributed by atoms with E-state index in [-0.39, 0.29) is 12.4 Å². The second-order valence-corrected chi connectivity index (χ2v) is 6.17. The van der Waals surface area contributed by atoms with E-state index in [9.17, 15) is 9.59 Å². The molecule has 1 heterocycles. The topological polar surface area (TPSA) is 75.0 Å². The number of carbonyl (C=O) groups excluding carboxylic acids is 2. The van der Waals surface area contributed by atoms with Crippen molar-refractivity contribution in [1.82, 2.24) is 0 Å². The van der Waals surface area contributed by atoms with E-state index in [4.69, 9.17) is 18.6 Å². The fraction of sp³-hybridized carbons (Fsp3) is 0.333. The molecule has 2 aromatic rings. The molecule has 0 fully saturated rings. The van der Waals surface area contributed by atoms with E-state index in [0.717, 1.165) is 11.1 Å². The maximum atomic E-state index is 12.9. The van der Waals surface area contributed by atoms with Crippen LogP contribution in [0.25, 0.3) is 5.57 Å².